The summed E-state index contributed by atoms with van der Waals surface area (Å²) in [7, 11) is -4.59. The highest BCUT2D eigenvalue weighted by atomic mass is 79.9. The molecule has 0 fully saturated rings. The zero-order valence-electron chi connectivity index (χ0n) is 11.2. The average molecular weight is 372 g/mol. The number of halogens is 3. The van der Waals surface area contributed by atoms with Crippen molar-refractivity contribution in [3.05, 3.63) is 33.8 Å². The third kappa shape index (κ3) is 3.46. The molecule has 8 heteroatoms. The van der Waals surface area contributed by atoms with Gasteiger partial charge in [-0.3, -0.25) is 4.57 Å². The summed E-state index contributed by atoms with van der Waals surface area (Å²) in [6, 6.07) is 4.10. The molecule has 0 amide bonds. The van der Waals surface area contributed by atoms with E-state index in [1.807, 2.05) is 0 Å². The fraction of sp³-hybridized carbons (Fsp3) is 0.500. The van der Waals surface area contributed by atoms with Crippen LogP contribution in [0.25, 0.3) is 0 Å². The lowest BCUT2D eigenvalue weighted by Crippen LogP contribution is -2.19. The lowest BCUT2D eigenvalue weighted by Gasteiger charge is -2.26. The zero-order chi connectivity index (χ0) is 15.4. The van der Waals surface area contributed by atoms with E-state index >= 15 is 0 Å². The lowest BCUT2D eigenvalue weighted by molar-refractivity contribution is 0.0354. The van der Waals surface area contributed by atoms with Crippen LogP contribution in [0.15, 0.2) is 22.7 Å². The Labute approximate surface area is 125 Å². The smallest absolute Gasteiger partial charge is 0.326 e. The molecule has 1 aromatic rings. The maximum absolute atomic E-state index is 14.5. The second-order valence-electron chi connectivity index (χ2n) is 3.89. The van der Waals surface area contributed by atoms with Crippen molar-refractivity contribution in [1.29, 1.82) is 0 Å². The van der Waals surface area contributed by atoms with Gasteiger partial charge in [-0.05, 0) is 25.5 Å². The standard InChI is InChI=1S/C12H17BrF2NO3P/c1-3-18-20(17,19-4-2)12(14,15)10-6-5-9(8-16)7-11(10)13/h5-7H,3-4,8,16H2,1-2H3. The average Bonchev–Trinajstić information content (AvgIpc) is 2.38. The Morgan fingerprint density at radius 3 is 2.25 bits per heavy atom. The first-order valence-corrected chi connectivity index (χ1v) is 8.42. The van der Waals surface area contributed by atoms with Gasteiger partial charge < -0.3 is 14.8 Å². The van der Waals surface area contributed by atoms with Crippen molar-refractivity contribution >= 4 is 23.5 Å². The van der Waals surface area contributed by atoms with E-state index in [-0.39, 0.29) is 24.2 Å². The van der Waals surface area contributed by atoms with Gasteiger partial charge in [0, 0.05) is 16.6 Å². The SMILES string of the molecule is CCOP(=O)(OCC)C(F)(F)c1ccc(CN)cc1Br. The highest BCUT2D eigenvalue weighted by molar-refractivity contribution is 9.10. The molecular formula is C12H17BrF2NO3P. The van der Waals surface area contributed by atoms with Gasteiger partial charge in [0.05, 0.1) is 13.2 Å². The molecule has 2 N–H and O–H groups in total. The summed E-state index contributed by atoms with van der Waals surface area (Å²) in [4.78, 5) is 0. The molecule has 1 rings (SSSR count). The molecule has 0 aromatic heterocycles. The maximum Gasteiger partial charge on any atom is 0.404 e. The minimum Gasteiger partial charge on any atom is -0.326 e. The molecule has 0 unspecified atom stereocenters. The summed E-state index contributed by atoms with van der Waals surface area (Å²) >= 11 is 3.05. The predicted molar refractivity (Wildman–Crippen MR) is 76.8 cm³/mol. The number of benzene rings is 1. The molecule has 0 spiro atoms. The Balaban J connectivity index is 3.29. The van der Waals surface area contributed by atoms with Crippen molar-refractivity contribution in [3.63, 3.8) is 0 Å². The normalized spacial score (nSPS) is 12.7. The minimum atomic E-state index is -4.59. The van der Waals surface area contributed by atoms with Crippen LogP contribution in [-0.2, 0) is 25.8 Å². The first kappa shape index (κ1) is 17.7. The van der Waals surface area contributed by atoms with Gasteiger partial charge in [0.2, 0.25) is 0 Å². The van der Waals surface area contributed by atoms with E-state index in [0.717, 1.165) is 0 Å². The van der Waals surface area contributed by atoms with E-state index in [4.69, 9.17) is 14.8 Å². The Morgan fingerprint density at radius 2 is 1.85 bits per heavy atom. The predicted octanol–water partition coefficient (Wildman–Crippen LogP) is 4.22. The van der Waals surface area contributed by atoms with Crippen LogP contribution < -0.4 is 5.73 Å². The van der Waals surface area contributed by atoms with E-state index in [2.05, 4.69) is 15.9 Å². The monoisotopic (exact) mass is 371 g/mol. The highest BCUT2D eigenvalue weighted by Gasteiger charge is 2.55. The summed E-state index contributed by atoms with van der Waals surface area (Å²) in [5.74, 6) is 0. The molecule has 0 atom stereocenters. The summed E-state index contributed by atoms with van der Waals surface area (Å²) in [5.41, 5.74) is 1.94. The van der Waals surface area contributed by atoms with Gasteiger partial charge in [-0.15, -0.1) is 0 Å². The summed E-state index contributed by atoms with van der Waals surface area (Å²) < 4.78 is 50.9. The molecule has 0 heterocycles. The van der Waals surface area contributed by atoms with Gasteiger partial charge in [0.15, 0.2) is 0 Å². The van der Waals surface area contributed by atoms with Crippen LogP contribution in [-0.4, -0.2) is 13.2 Å². The van der Waals surface area contributed by atoms with Crippen molar-refractivity contribution in [2.75, 3.05) is 13.2 Å². The van der Waals surface area contributed by atoms with Gasteiger partial charge in [-0.1, -0.05) is 28.1 Å². The molecule has 114 valence electrons. The Hall–Kier alpha value is -0.330. The molecule has 0 radical (unpaired) electrons. The van der Waals surface area contributed by atoms with Crippen LogP contribution in [0.5, 0.6) is 0 Å². The molecule has 1 aromatic carbocycles. The molecule has 0 aliphatic carbocycles. The Kier molecular flexibility index (Phi) is 6.28. The number of hydrogen-bond donors (Lipinski definition) is 1. The molecular weight excluding hydrogens is 355 g/mol. The fourth-order valence-corrected chi connectivity index (χ4v) is 4.01. The van der Waals surface area contributed by atoms with Crippen molar-refractivity contribution in [2.45, 2.75) is 26.1 Å². The van der Waals surface area contributed by atoms with Gasteiger partial charge in [0.1, 0.15) is 0 Å². The van der Waals surface area contributed by atoms with Crippen molar-refractivity contribution in [2.24, 2.45) is 5.73 Å². The third-order valence-electron chi connectivity index (χ3n) is 2.54. The quantitative estimate of drug-likeness (QED) is 0.728. The lowest BCUT2D eigenvalue weighted by atomic mass is 10.1. The van der Waals surface area contributed by atoms with Crippen molar-refractivity contribution < 1.29 is 22.4 Å². The minimum absolute atomic E-state index is 0.116. The van der Waals surface area contributed by atoms with Crippen molar-refractivity contribution in [1.82, 2.24) is 0 Å². The van der Waals surface area contributed by atoms with E-state index in [1.54, 1.807) is 0 Å². The number of alkyl halides is 2. The maximum atomic E-state index is 14.5. The summed E-state index contributed by atoms with van der Waals surface area (Å²) in [6.45, 7) is 2.92. The number of hydrogen-bond acceptors (Lipinski definition) is 4. The highest BCUT2D eigenvalue weighted by Crippen LogP contribution is 2.67. The number of nitrogens with two attached hydrogens (primary N) is 1. The van der Waals surface area contributed by atoms with Gasteiger partial charge >= 0.3 is 13.3 Å². The first-order valence-electron chi connectivity index (χ1n) is 6.08. The molecule has 0 aliphatic heterocycles. The molecule has 0 bridgehead atoms. The molecule has 0 saturated carbocycles. The third-order valence-corrected chi connectivity index (χ3v) is 5.32. The van der Waals surface area contributed by atoms with E-state index in [9.17, 15) is 13.3 Å². The Morgan fingerprint density at radius 1 is 1.30 bits per heavy atom. The second-order valence-corrected chi connectivity index (χ2v) is 6.82. The number of rotatable bonds is 7. The van der Waals surface area contributed by atoms with Crippen LogP contribution in [0.1, 0.15) is 25.0 Å². The van der Waals surface area contributed by atoms with Crippen LogP contribution in [0.4, 0.5) is 8.78 Å². The zero-order valence-corrected chi connectivity index (χ0v) is 13.7. The van der Waals surface area contributed by atoms with E-state index < -0.39 is 18.8 Å². The van der Waals surface area contributed by atoms with Crippen LogP contribution in [0.3, 0.4) is 0 Å². The first-order chi connectivity index (χ1) is 9.32. The van der Waals surface area contributed by atoms with Gasteiger partial charge in [-0.2, -0.15) is 8.78 Å². The fourth-order valence-electron chi connectivity index (χ4n) is 1.62. The van der Waals surface area contributed by atoms with Gasteiger partial charge in [-0.25, -0.2) is 0 Å². The summed E-state index contributed by atoms with van der Waals surface area (Å²) in [5, 5.41) is 0. The molecule has 0 saturated heterocycles. The second kappa shape index (κ2) is 7.09. The molecule has 20 heavy (non-hydrogen) atoms. The van der Waals surface area contributed by atoms with E-state index in [0.29, 0.717) is 5.56 Å². The molecule has 0 aliphatic rings. The van der Waals surface area contributed by atoms with E-state index in [1.165, 1.54) is 32.0 Å². The topological polar surface area (TPSA) is 61.5 Å². The molecule has 4 nitrogen and oxygen atoms in total. The largest absolute Gasteiger partial charge is 0.404 e. The van der Waals surface area contributed by atoms with Gasteiger partial charge in [0.25, 0.3) is 0 Å². The van der Waals surface area contributed by atoms with Crippen molar-refractivity contribution in [3.8, 4) is 0 Å². The van der Waals surface area contributed by atoms with Crippen LogP contribution in [0, 0.1) is 0 Å². The van der Waals surface area contributed by atoms with Crippen LogP contribution >= 0.6 is 23.5 Å². The van der Waals surface area contributed by atoms with Crippen LogP contribution in [0.2, 0.25) is 0 Å². The summed E-state index contributed by atoms with van der Waals surface area (Å²) in [6.07, 6.45) is 0. The Bertz CT molecular complexity index is 503.